The minimum absolute atomic E-state index is 0.0325. The summed E-state index contributed by atoms with van der Waals surface area (Å²) in [7, 11) is 0. The van der Waals surface area contributed by atoms with Gasteiger partial charge in [0.2, 0.25) is 0 Å². The number of aryl methyl sites for hydroxylation is 4. The highest BCUT2D eigenvalue weighted by atomic mass is 79.9. The van der Waals surface area contributed by atoms with Gasteiger partial charge in [0.15, 0.2) is 5.78 Å². The Bertz CT molecular complexity index is 666. The van der Waals surface area contributed by atoms with Gasteiger partial charge in [-0.25, -0.2) is 0 Å². The summed E-state index contributed by atoms with van der Waals surface area (Å²) in [5.41, 5.74) is 4.55. The van der Waals surface area contributed by atoms with Gasteiger partial charge in [0.25, 0.3) is 0 Å². The Morgan fingerprint density at radius 3 is 2.21 bits per heavy atom. The number of hydrogen-bond acceptors (Lipinski definition) is 2. The third kappa shape index (κ3) is 2.39. The molecule has 1 heterocycles. The third-order valence-electron chi connectivity index (χ3n) is 3.39. The van der Waals surface area contributed by atoms with Gasteiger partial charge in [0, 0.05) is 10.0 Å². The lowest BCUT2D eigenvalue weighted by Crippen LogP contribution is -2.08. The van der Waals surface area contributed by atoms with Crippen molar-refractivity contribution >= 4 is 21.7 Å². The van der Waals surface area contributed by atoms with Gasteiger partial charge in [-0.1, -0.05) is 22.0 Å². The Kier molecular flexibility index (Phi) is 3.68. The van der Waals surface area contributed by atoms with Crippen molar-refractivity contribution in [1.29, 1.82) is 0 Å². The number of benzene rings is 1. The number of hydrogen-bond donors (Lipinski definition) is 0. The standard InChI is InChI=1S/C16H17BrO2/c1-8-6-9(2)15(17)11(4)14(8)16(18)13-7-10(3)19-12(13)5/h6-7H,1-5H3. The molecule has 2 rings (SSSR count). The third-order valence-corrected chi connectivity index (χ3v) is 4.61. The van der Waals surface area contributed by atoms with Crippen molar-refractivity contribution in [3.8, 4) is 0 Å². The van der Waals surface area contributed by atoms with Crippen molar-refractivity contribution in [3.05, 3.63) is 55.9 Å². The number of ketones is 1. The maximum absolute atomic E-state index is 12.7. The molecule has 0 aliphatic carbocycles. The molecule has 19 heavy (non-hydrogen) atoms. The van der Waals surface area contributed by atoms with Crippen LogP contribution in [0.3, 0.4) is 0 Å². The molecule has 0 aliphatic rings. The second-order valence-corrected chi connectivity index (χ2v) is 5.77. The fourth-order valence-electron chi connectivity index (χ4n) is 2.50. The predicted molar refractivity (Wildman–Crippen MR) is 80.0 cm³/mol. The van der Waals surface area contributed by atoms with Crippen LogP contribution in [0.5, 0.6) is 0 Å². The molecule has 0 bridgehead atoms. The molecule has 0 unspecified atom stereocenters. The summed E-state index contributed by atoms with van der Waals surface area (Å²) in [5.74, 6) is 1.48. The Morgan fingerprint density at radius 1 is 1.05 bits per heavy atom. The summed E-state index contributed by atoms with van der Waals surface area (Å²) in [6.45, 7) is 9.66. The molecular weight excluding hydrogens is 304 g/mol. The van der Waals surface area contributed by atoms with E-state index in [9.17, 15) is 4.79 Å². The van der Waals surface area contributed by atoms with Gasteiger partial charge in [-0.15, -0.1) is 0 Å². The molecule has 2 nitrogen and oxygen atoms in total. The summed E-state index contributed by atoms with van der Waals surface area (Å²) in [4.78, 5) is 12.7. The number of rotatable bonds is 2. The number of halogens is 1. The Labute approximate surface area is 122 Å². The van der Waals surface area contributed by atoms with E-state index in [4.69, 9.17) is 4.42 Å². The first kappa shape index (κ1) is 14.1. The summed E-state index contributed by atoms with van der Waals surface area (Å²) in [5, 5.41) is 0. The summed E-state index contributed by atoms with van der Waals surface area (Å²) in [6.07, 6.45) is 0. The van der Waals surface area contributed by atoms with Gasteiger partial charge in [0.05, 0.1) is 5.56 Å². The molecule has 0 atom stereocenters. The van der Waals surface area contributed by atoms with Crippen LogP contribution in [0.1, 0.15) is 44.1 Å². The minimum atomic E-state index is 0.0325. The van der Waals surface area contributed by atoms with E-state index in [1.807, 2.05) is 46.8 Å². The van der Waals surface area contributed by atoms with Crippen LogP contribution in [0.15, 0.2) is 21.0 Å². The number of carbonyl (C=O) groups excluding carboxylic acids is 1. The van der Waals surface area contributed by atoms with E-state index >= 15 is 0 Å². The molecular formula is C16H17BrO2. The maximum Gasteiger partial charge on any atom is 0.197 e. The second-order valence-electron chi connectivity index (χ2n) is 4.98. The van der Waals surface area contributed by atoms with Crippen LogP contribution < -0.4 is 0 Å². The fraction of sp³-hybridized carbons (Fsp3) is 0.312. The van der Waals surface area contributed by atoms with E-state index in [0.717, 1.165) is 32.5 Å². The summed E-state index contributed by atoms with van der Waals surface area (Å²) >= 11 is 3.55. The first-order chi connectivity index (χ1) is 8.82. The Balaban J connectivity index is 2.63. The zero-order valence-electron chi connectivity index (χ0n) is 11.8. The van der Waals surface area contributed by atoms with Gasteiger partial charge in [0.1, 0.15) is 11.5 Å². The molecule has 1 aromatic heterocycles. The van der Waals surface area contributed by atoms with Gasteiger partial charge in [-0.3, -0.25) is 4.79 Å². The zero-order chi connectivity index (χ0) is 14.3. The SMILES string of the molecule is Cc1cc(C(=O)c2c(C)cc(C)c(Br)c2C)c(C)o1. The lowest BCUT2D eigenvalue weighted by molar-refractivity contribution is 0.103. The average Bonchev–Trinajstić information content (AvgIpc) is 2.65. The molecule has 3 heteroatoms. The molecule has 0 radical (unpaired) electrons. The molecule has 0 saturated carbocycles. The average molecular weight is 321 g/mol. The van der Waals surface area contributed by atoms with Crippen LogP contribution in [0, 0.1) is 34.6 Å². The molecule has 2 aromatic rings. The molecule has 0 aliphatic heterocycles. The maximum atomic E-state index is 12.7. The van der Waals surface area contributed by atoms with Gasteiger partial charge in [-0.2, -0.15) is 0 Å². The second kappa shape index (κ2) is 4.97. The van der Waals surface area contributed by atoms with Crippen LogP contribution >= 0.6 is 15.9 Å². The molecule has 0 amide bonds. The van der Waals surface area contributed by atoms with Crippen LogP contribution in [0.2, 0.25) is 0 Å². The van der Waals surface area contributed by atoms with Crippen LogP contribution in [-0.4, -0.2) is 5.78 Å². The lowest BCUT2D eigenvalue weighted by atomic mass is 9.93. The fourth-order valence-corrected chi connectivity index (χ4v) is 2.81. The topological polar surface area (TPSA) is 30.2 Å². The molecule has 0 fully saturated rings. The minimum Gasteiger partial charge on any atom is -0.466 e. The largest absolute Gasteiger partial charge is 0.466 e. The molecule has 1 aromatic carbocycles. The van der Waals surface area contributed by atoms with Gasteiger partial charge < -0.3 is 4.42 Å². The molecule has 0 spiro atoms. The Morgan fingerprint density at radius 2 is 1.68 bits per heavy atom. The summed E-state index contributed by atoms with van der Waals surface area (Å²) < 4.78 is 6.46. The van der Waals surface area contributed by atoms with Crippen molar-refractivity contribution < 1.29 is 9.21 Å². The monoisotopic (exact) mass is 320 g/mol. The lowest BCUT2D eigenvalue weighted by Gasteiger charge is -2.12. The van der Waals surface area contributed by atoms with E-state index < -0.39 is 0 Å². The number of carbonyl (C=O) groups is 1. The van der Waals surface area contributed by atoms with Gasteiger partial charge >= 0.3 is 0 Å². The van der Waals surface area contributed by atoms with E-state index in [2.05, 4.69) is 15.9 Å². The van der Waals surface area contributed by atoms with Crippen molar-refractivity contribution in [2.45, 2.75) is 34.6 Å². The van der Waals surface area contributed by atoms with E-state index in [1.165, 1.54) is 0 Å². The Hall–Kier alpha value is -1.35. The first-order valence-corrected chi connectivity index (χ1v) is 7.00. The van der Waals surface area contributed by atoms with E-state index in [0.29, 0.717) is 11.3 Å². The van der Waals surface area contributed by atoms with E-state index in [-0.39, 0.29) is 5.78 Å². The van der Waals surface area contributed by atoms with E-state index in [1.54, 1.807) is 0 Å². The molecule has 0 N–H and O–H groups in total. The van der Waals surface area contributed by atoms with Crippen molar-refractivity contribution in [1.82, 2.24) is 0 Å². The molecule has 0 saturated heterocycles. The highest BCUT2D eigenvalue weighted by Gasteiger charge is 2.21. The highest BCUT2D eigenvalue weighted by Crippen LogP contribution is 2.29. The normalized spacial score (nSPS) is 10.8. The predicted octanol–water partition coefficient (Wildman–Crippen LogP) is 4.82. The zero-order valence-corrected chi connectivity index (χ0v) is 13.4. The van der Waals surface area contributed by atoms with Crippen molar-refractivity contribution in [2.75, 3.05) is 0 Å². The quantitative estimate of drug-likeness (QED) is 0.743. The highest BCUT2D eigenvalue weighted by molar-refractivity contribution is 9.10. The summed E-state index contributed by atoms with van der Waals surface area (Å²) in [6, 6.07) is 3.84. The first-order valence-electron chi connectivity index (χ1n) is 6.21. The molecule has 100 valence electrons. The van der Waals surface area contributed by atoms with Crippen molar-refractivity contribution in [2.24, 2.45) is 0 Å². The van der Waals surface area contributed by atoms with Crippen molar-refractivity contribution in [3.63, 3.8) is 0 Å². The van der Waals surface area contributed by atoms with Crippen LogP contribution in [0.25, 0.3) is 0 Å². The smallest absolute Gasteiger partial charge is 0.197 e. The van der Waals surface area contributed by atoms with Crippen LogP contribution in [-0.2, 0) is 0 Å². The van der Waals surface area contributed by atoms with Crippen LogP contribution in [0.4, 0.5) is 0 Å². The van der Waals surface area contributed by atoms with Gasteiger partial charge in [-0.05, 0) is 57.4 Å². The number of furan rings is 1.